The van der Waals surface area contributed by atoms with Crippen LogP contribution in [0, 0.1) is 0 Å². The minimum Gasteiger partial charge on any atom is -0.768 e. The molecule has 1 aliphatic heterocycles. The van der Waals surface area contributed by atoms with E-state index in [-0.39, 0.29) is 28.6 Å². The second kappa shape index (κ2) is 10.2. The van der Waals surface area contributed by atoms with Crippen molar-refractivity contribution in [3.63, 3.8) is 0 Å². The molecule has 1 fully saturated rings. The zero-order chi connectivity index (χ0) is 22.5. The van der Waals surface area contributed by atoms with Gasteiger partial charge in [-0.2, -0.15) is 0 Å². The lowest BCUT2D eigenvalue weighted by Gasteiger charge is -2.20. The standard InChI is InChI=1S/C22H28O8S/c1-5-8-29-21-15(23)9-13(12-20(21)31(24)25)16-6-7-17(30-16)14-10-18(26-2)22(28-4)19(11-14)27-3/h9-12,16-17,23H,5-8H2,1-4H3,(H,24,25)/p-1/t16-,17-/m0/s1. The Labute approximate surface area is 184 Å². The third-order valence-corrected chi connectivity index (χ3v) is 5.80. The summed E-state index contributed by atoms with van der Waals surface area (Å²) in [6.45, 7) is 2.20. The predicted molar refractivity (Wildman–Crippen MR) is 113 cm³/mol. The van der Waals surface area contributed by atoms with Crippen molar-refractivity contribution in [3.8, 4) is 28.7 Å². The summed E-state index contributed by atoms with van der Waals surface area (Å²) in [5.74, 6) is 1.31. The predicted octanol–water partition coefficient (Wildman–Crippen LogP) is 4.04. The Morgan fingerprint density at radius 1 is 1.00 bits per heavy atom. The van der Waals surface area contributed by atoms with E-state index < -0.39 is 11.1 Å². The fourth-order valence-corrected chi connectivity index (χ4v) is 4.23. The lowest BCUT2D eigenvalue weighted by Crippen LogP contribution is -2.05. The summed E-state index contributed by atoms with van der Waals surface area (Å²) in [7, 11) is 4.64. The first-order valence-corrected chi connectivity index (χ1v) is 11.0. The van der Waals surface area contributed by atoms with Crippen molar-refractivity contribution in [2.45, 2.75) is 43.3 Å². The van der Waals surface area contributed by atoms with Gasteiger partial charge in [-0.05, 0) is 65.7 Å². The summed E-state index contributed by atoms with van der Waals surface area (Å²) in [5.41, 5.74) is 1.44. The Balaban J connectivity index is 1.88. The van der Waals surface area contributed by atoms with E-state index in [0.29, 0.717) is 48.7 Å². The van der Waals surface area contributed by atoms with E-state index in [2.05, 4.69) is 0 Å². The summed E-state index contributed by atoms with van der Waals surface area (Å²) in [5, 5.41) is 10.4. The van der Waals surface area contributed by atoms with Gasteiger partial charge in [-0.15, -0.1) is 0 Å². The van der Waals surface area contributed by atoms with Gasteiger partial charge < -0.3 is 33.3 Å². The van der Waals surface area contributed by atoms with Crippen LogP contribution in [0.3, 0.4) is 0 Å². The molecule has 1 heterocycles. The number of phenols is 1. The summed E-state index contributed by atoms with van der Waals surface area (Å²) in [6, 6.07) is 6.68. The van der Waals surface area contributed by atoms with Crippen LogP contribution in [0.1, 0.15) is 49.5 Å². The van der Waals surface area contributed by atoms with E-state index in [4.69, 9.17) is 23.7 Å². The maximum Gasteiger partial charge on any atom is 0.203 e. The van der Waals surface area contributed by atoms with Crippen molar-refractivity contribution in [2.75, 3.05) is 27.9 Å². The van der Waals surface area contributed by atoms with Gasteiger partial charge in [0.15, 0.2) is 23.0 Å². The van der Waals surface area contributed by atoms with E-state index in [1.807, 2.05) is 19.1 Å². The summed E-state index contributed by atoms with van der Waals surface area (Å²) in [6.07, 6.45) is 1.42. The van der Waals surface area contributed by atoms with Crippen LogP contribution >= 0.6 is 0 Å². The molecular weight excluding hydrogens is 424 g/mol. The molecule has 9 heteroatoms. The lowest BCUT2D eigenvalue weighted by molar-refractivity contribution is 0.0435. The van der Waals surface area contributed by atoms with Crippen LogP contribution in [0.25, 0.3) is 0 Å². The maximum atomic E-state index is 11.7. The number of hydrogen-bond acceptors (Lipinski definition) is 8. The molecule has 8 nitrogen and oxygen atoms in total. The highest BCUT2D eigenvalue weighted by Crippen LogP contribution is 2.47. The van der Waals surface area contributed by atoms with Crippen molar-refractivity contribution in [3.05, 3.63) is 35.4 Å². The van der Waals surface area contributed by atoms with Crippen molar-refractivity contribution in [1.82, 2.24) is 0 Å². The fraction of sp³-hybridized carbons (Fsp3) is 0.455. The molecule has 0 bridgehead atoms. The van der Waals surface area contributed by atoms with Crippen LogP contribution in [0.15, 0.2) is 29.2 Å². The summed E-state index contributed by atoms with van der Waals surface area (Å²) >= 11 is -2.56. The third kappa shape index (κ3) is 4.89. The molecule has 3 atom stereocenters. The Bertz CT molecular complexity index is 920. The molecule has 0 aliphatic carbocycles. The zero-order valence-electron chi connectivity index (χ0n) is 18.0. The minimum absolute atomic E-state index is 0.0295. The largest absolute Gasteiger partial charge is 0.768 e. The van der Waals surface area contributed by atoms with Gasteiger partial charge in [-0.3, -0.25) is 4.21 Å². The molecule has 2 aromatic rings. The minimum atomic E-state index is -2.56. The third-order valence-electron chi connectivity index (χ3n) is 5.14. The van der Waals surface area contributed by atoms with Crippen LogP contribution in [-0.2, 0) is 15.8 Å². The molecule has 0 radical (unpaired) electrons. The number of benzene rings is 2. The van der Waals surface area contributed by atoms with Gasteiger partial charge in [-0.25, -0.2) is 0 Å². The average molecular weight is 452 g/mol. The molecule has 0 spiro atoms. The van der Waals surface area contributed by atoms with Gasteiger partial charge in [0.1, 0.15) is 0 Å². The molecule has 1 unspecified atom stereocenters. The molecule has 3 rings (SSSR count). The Morgan fingerprint density at radius 2 is 1.58 bits per heavy atom. The van der Waals surface area contributed by atoms with Crippen LogP contribution in [-0.4, -0.2) is 41.8 Å². The maximum absolute atomic E-state index is 11.7. The van der Waals surface area contributed by atoms with E-state index in [1.54, 1.807) is 21.3 Å². The van der Waals surface area contributed by atoms with Gasteiger partial charge in [0.25, 0.3) is 0 Å². The van der Waals surface area contributed by atoms with Crippen molar-refractivity contribution in [2.24, 2.45) is 0 Å². The normalized spacial score (nSPS) is 19.1. The molecule has 1 aliphatic rings. The highest BCUT2D eigenvalue weighted by atomic mass is 32.2. The van der Waals surface area contributed by atoms with Crippen LogP contribution < -0.4 is 18.9 Å². The van der Waals surface area contributed by atoms with Gasteiger partial charge >= 0.3 is 0 Å². The summed E-state index contributed by atoms with van der Waals surface area (Å²) < 4.78 is 51.3. The van der Waals surface area contributed by atoms with Crippen LogP contribution in [0.5, 0.6) is 28.7 Å². The van der Waals surface area contributed by atoms with Gasteiger partial charge in [-0.1, -0.05) is 6.92 Å². The Kier molecular flexibility index (Phi) is 7.64. The monoisotopic (exact) mass is 451 g/mol. The summed E-state index contributed by atoms with van der Waals surface area (Å²) in [4.78, 5) is -0.0803. The molecule has 1 N–H and O–H groups in total. The first-order valence-electron chi connectivity index (χ1n) is 9.97. The molecule has 0 saturated carbocycles. The van der Waals surface area contributed by atoms with E-state index in [0.717, 1.165) is 5.56 Å². The number of phenolic OH excluding ortho intramolecular Hbond substituents is 1. The Hall–Kier alpha value is -2.49. The highest BCUT2D eigenvalue weighted by molar-refractivity contribution is 7.79. The molecule has 31 heavy (non-hydrogen) atoms. The highest BCUT2D eigenvalue weighted by Gasteiger charge is 2.30. The average Bonchev–Trinajstić information content (AvgIpc) is 3.27. The number of aromatic hydroxyl groups is 1. The Morgan fingerprint density at radius 3 is 2.06 bits per heavy atom. The topological polar surface area (TPSA) is 107 Å². The van der Waals surface area contributed by atoms with Crippen molar-refractivity contribution >= 4 is 11.1 Å². The smallest absolute Gasteiger partial charge is 0.203 e. The van der Waals surface area contributed by atoms with Crippen molar-refractivity contribution in [1.29, 1.82) is 0 Å². The SMILES string of the molecule is CCCOc1c(O)cc([C@@H]2CC[C@@H](c3cc(OC)c(OC)c(OC)c3)O2)cc1S(=O)[O-]. The number of methoxy groups -OCH3 is 3. The number of ether oxygens (including phenoxy) is 5. The van der Waals surface area contributed by atoms with Gasteiger partial charge in [0.05, 0.1) is 45.0 Å². The second-order valence-electron chi connectivity index (χ2n) is 7.10. The molecule has 170 valence electrons. The molecular formula is C22H27O8S-. The van der Waals surface area contributed by atoms with Crippen LogP contribution in [0.2, 0.25) is 0 Å². The van der Waals surface area contributed by atoms with Gasteiger partial charge in [0, 0.05) is 0 Å². The molecule has 0 amide bonds. The van der Waals surface area contributed by atoms with E-state index in [1.165, 1.54) is 12.1 Å². The quantitative estimate of drug-likeness (QED) is 0.570. The first kappa shape index (κ1) is 23.2. The fourth-order valence-electron chi connectivity index (χ4n) is 3.68. The molecule has 2 aromatic carbocycles. The molecule has 0 aromatic heterocycles. The number of hydrogen-bond donors (Lipinski definition) is 1. The van der Waals surface area contributed by atoms with Crippen molar-refractivity contribution < 1.29 is 37.6 Å². The first-order chi connectivity index (χ1) is 14.9. The second-order valence-corrected chi connectivity index (χ2v) is 8.01. The van der Waals surface area contributed by atoms with Gasteiger partial charge in [0.2, 0.25) is 5.75 Å². The van der Waals surface area contributed by atoms with E-state index in [9.17, 15) is 13.9 Å². The zero-order valence-corrected chi connectivity index (χ0v) is 18.8. The molecule has 1 saturated heterocycles. The lowest BCUT2D eigenvalue weighted by atomic mass is 10.0. The van der Waals surface area contributed by atoms with Crippen LogP contribution in [0.4, 0.5) is 0 Å². The van der Waals surface area contributed by atoms with E-state index >= 15 is 0 Å². The number of rotatable bonds is 9.